The van der Waals surface area contributed by atoms with Crippen LogP contribution in [0.3, 0.4) is 0 Å². The van der Waals surface area contributed by atoms with Crippen LogP contribution in [0.2, 0.25) is 0 Å². The van der Waals surface area contributed by atoms with Gasteiger partial charge >= 0.3 is 0 Å². The van der Waals surface area contributed by atoms with Crippen LogP contribution >= 0.6 is 15.9 Å². The fourth-order valence-electron chi connectivity index (χ4n) is 2.57. The zero-order valence-corrected chi connectivity index (χ0v) is 13.7. The Balaban J connectivity index is 2.21. The second-order valence-electron chi connectivity index (χ2n) is 5.18. The molecule has 0 aliphatic heterocycles. The monoisotopic (exact) mass is 337 g/mol. The van der Waals surface area contributed by atoms with Gasteiger partial charge in [-0.05, 0) is 52.0 Å². The Kier molecular flexibility index (Phi) is 3.89. The molecule has 0 spiro atoms. The molecule has 0 aliphatic carbocycles. The fraction of sp³-hybridized carbons (Fsp3) is 0.105. The average Bonchev–Trinajstić information content (AvgIpc) is 2.49. The normalized spacial score (nSPS) is 10.6. The Hall–Kier alpha value is -1.93. The number of nitrogens with zero attached hydrogens (tertiary/aromatic N) is 1. The molecule has 1 nitrogen and oxygen atoms in total. The first-order valence-electron chi connectivity index (χ1n) is 6.94. The zero-order valence-electron chi connectivity index (χ0n) is 12.1. The van der Waals surface area contributed by atoms with Gasteiger partial charge in [0.15, 0.2) is 0 Å². The van der Waals surface area contributed by atoms with Crippen molar-refractivity contribution < 1.29 is 0 Å². The molecule has 2 heteroatoms. The maximum atomic E-state index is 4.45. The zero-order chi connectivity index (χ0) is 14.8. The summed E-state index contributed by atoms with van der Waals surface area (Å²) in [5.41, 5.74) is 7.20. The van der Waals surface area contributed by atoms with E-state index in [9.17, 15) is 0 Å². The minimum atomic E-state index is 1.10. The third-order valence-corrected chi connectivity index (χ3v) is 4.61. The van der Waals surface area contributed by atoms with E-state index in [4.69, 9.17) is 0 Å². The van der Waals surface area contributed by atoms with Crippen LogP contribution in [0.25, 0.3) is 22.3 Å². The predicted octanol–water partition coefficient (Wildman–Crippen LogP) is 5.79. The summed E-state index contributed by atoms with van der Waals surface area (Å²) in [5, 5.41) is 0. The standard InChI is InChI=1S/C19H16BrN/c1-13-7-3-5-9-15(13)17-11-21-12-18(19(17)20)16-10-6-4-8-14(16)2/h3-12H,1-2H3. The van der Waals surface area contributed by atoms with Gasteiger partial charge in [-0.1, -0.05) is 48.5 Å². The fourth-order valence-corrected chi connectivity index (χ4v) is 3.20. The van der Waals surface area contributed by atoms with E-state index >= 15 is 0 Å². The maximum Gasteiger partial charge on any atom is 0.0363 e. The van der Waals surface area contributed by atoms with Gasteiger partial charge < -0.3 is 0 Å². The lowest BCUT2D eigenvalue weighted by atomic mass is 9.97. The number of hydrogen-bond acceptors (Lipinski definition) is 1. The summed E-state index contributed by atoms with van der Waals surface area (Å²) >= 11 is 3.78. The number of rotatable bonds is 2. The van der Waals surface area contributed by atoms with Crippen molar-refractivity contribution in [1.29, 1.82) is 0 Å². The number of aryl methyl sites for hydroxylation is 2. The summed E-state index contributed by atoms with van der Waals surface area (Å²) in [6.45, 7) is 4.25. The van der Waals surface area contributed by atoms with Crippen molar-refractivity contribution in [3.05, 3.63) is 76.5 Å². The Morgan fingerprint density at radius 2 is 1.10 bits per heavy atom. The molecule has 2 aromatic carbocycles. The lowest BCUT2D eigenvalue weighted by molar-refractivity contribution is 1.30. The highest BCUT2D eigenvalue weighted by Gasteiger charge is 2.12. The molecule has 1 aromatic heterocycles. The van der Waals surface area contributed by atoms with Gasteiger partial charge in [0.2, 0.25) is 0 Å². The van der Waals surface area contributed by atoms with Crippen LogP contribution in [0, 0.1) is 13.8 Å². The van der Waals surface area contributed by atoms with E-state index in [1.54, 1.807) is 0 Å². The van der Waals surface area contributed by atoms with Crippen LogP contribution in [-0.4, -0.2) is 4.98 Å². The number of hydrogen-bond donors (Lipinski definition) is 0. The molecule has 0 saturated carbocycles. The molecule has 0 fully saturated rings. The topological polar surface area (TPSA) is 12.9 Å². The summed E-state index contributed by atoms with van der Waals surface area (Å²) in [6.07, 6.45) is 3.85. The highest BCUT2D eigenvalue weighted by molar-refractivity contribution is 9.10. The Labute approximate surface area is 133 Å². The van der Waals surface area contributed by atoms with Crippen molar-refractivity contribution in [2.24, 2.45) is 0 Å². The van der Waals surface area contributed by atoms with Gasteiger partial charge in [0, 0.05) is 28.0 Å². The predicted molar refractivity (Wildman–Crippen MR) is 92.3 cm³/mol. The molecular formula is C19H16BrN. The minimum absolute atomic E-state index is 1.10. The van der Waals surface area contributed by atoms with Crippen molar-refractivity contribution in [2.45, 2.75) is 13.8 Å². The average molecular weight is 338 g/mol. The molecule has 1 heterocycles. The van der Waals surface area contributed by atoms with E-state index in [2.05, 4.69) is 83.3 Å². The van der Waals surface area contributed by atoms with E-state index in [-0.39, 0.29) is 0 Å². The second kappa shape index (κ2) is 5.82. The lowest BCUT2D eigenvalue weighted by Crippen LogP contribution is -1.91. The molecule has 3 aromatic rings. The van der Waals surface area contributed by atoms with Gasteiger partial charge in [-0.3, -0.25) is 4.98 Å². The molecule has 0 unspecified atom stereocenters. The van der Waals surface area contributed by atoms with Crippen LogP contribution in [0.5, 0.6) is 0 Å². The van der Waals surface area contributed by atoms with Gasteiger partial charge in [0.1, 0.15) is 0 Å². The van der Waals surface area contributed by atoms with Crippen LogP contribution in [-0.2, 0) is 0 Å². The third-order valence-electron chi connectivity index (χ3n) is 3.75. The Morgan fingerprint density at radius 1 is 0.667 bits per heavy atom. The maximum absolute atomic E-state index is 4.45. The van der Waals surface area contributed by atoms with Gasteiger partial charge in [-0.15, -0.1) is 0 Å². The molecule has 3 rings (SSSR count). The van der Waals surface area contributed by atoms with Gasteiger partial charge in [0.25, 0.3) is 0 Å². The molecule has 0 radical (unpaired) electrons. The van der Waals surface area contributed by atoms with Crippen molar-refractivity contribution >= 4 is 15.9 Å². The van der Waals surface area contributed by atoms with Crippen molar-refractivity contribution in [3.8, 4) is 22.3 Å². The number of aromatic nitrogens is 1. The highest BCUT2D eigenvalue weighted by Crippen LogP contribution is 2.37. The smallest absolute Gasteiger partial charge is 0.0363 e. The third kappa shape index (κ3) is 2.64. The van der Waals surface area contributed by atoms with E-state index in [1.165, 1.54) is 22.3 Å². The molecule has 104 valence electrons. The minimum Gasteiger partial charge on any atom is -0.263 e. The van der Waals surface area contributed by atoms with Crippen LogP contribution in [0.1, 0.15) is 11.1 Å². The molecule has 0 bridgehead atoms. The quantitative estimate of drug-likeness (QED) is 0.576. The summed E-state index contributed by atoms with van der Waals surface area (Å²) in [7, 11) is 0. The molecule has 21 heavy (non-hydrogen) atoms. The van der Waals surface area contributed by atoms with Crippen molar-refractivity contribution in [2.75, 3.05) is 0 Å². The first-order chi connectivity index (χ1) is 10.2. The number of pyridine rings is 1. The Morgan fingerprint density at radius 3 is 1.52 bits per heavy atom. The van der Waals surface area contributed by atoms with E-state index in [1.807, 2.05) is 12.4 Å². The van der Waals surface area contributed by atoms with Crippen LogP contribution in [0.15, 0.2) is 65.4 Å². The van der Waals surface area contributed by atoms with Crippen molar-refractivity contribution in [1.82, 2.24) is 4.98 Å². The largest absolute Gasteiger partial charge is 0.263 e. The summed E-state index contributed by atoms with van der Waals surface area (Å²) in [5.74, 6) is 0. The molecule has 0 aliphatic rings. The molecule has 0 saturated heterocycles. The van der Waals surface area contributed by atoms with Crippen molar-refractivity contribution in [3.63, 3.8) is 0 Å². The Bertz CT molecular complexity index is 729. The first-order valence-corrected chi connectivity index (χ1v) is 7.73. The summed E-state index contributed by atoms with van der Waals surface area (Å²) < 4.78 is 1.10. The van der Waals surface area contributed by atoms with Crippen LogP contribution < -0.4 is 0 Å². The SMILES string of the molecule is Cc1ccccc1-c1cncc(-c2ccccc2C)c1Br. The molecule has 0 amide bonds. The van der Waals surface area contributed by atoms with E-state index < -0.39 is 0 Å². The molecule has 0 atom stereocenters. The molecule has 0 N–H and O–H groups in total. The van der Waals surface area contributed by atoms with Gasteiger partial charge in [-0.25, -0.2) is 0 Å². The lowest BCUT2D eigenvalue weighted by Gasteiger charge is -2.13. The summed E-state index contributed by atoms with van der Waals surface area (Å²) in [6, 6.07) is 16.8. The van der Waals surface area contributed by atoms with E-state index in [0.29, 0.717) is 0 Å². The molecular weight excluding hydrogens is 322 g/mol. The van der Waals surface area contributed by atoms with Gasteiger partial charge in [0.05, 0.1) is 0 Å². The van der Waals surface area contributed by atoms with E-state index in [0.717, 1.165) is 15.6 Å². The highest BCUT2D eigenvalue weighted by atomic mass is 79.9. The van der Waals surface area contributed by atoms with Crippen LogP contribution in [0.4, 0.5) is 0 Å². The number of benzene rings is 2. The number of halogens is 1. The second-order valence-corrected chi connectivity index (χ2v) is 5.97. The first kappa shape index (κ1) is 14.0. The van der Waals surface area contributed by atoms with Gasteiger partial charge in [-0.2, -0.15) is 0 Å². The summed E-state index contributed by atoms with van der Waals surface area (Å²) in [4.78, 5) is 4.45.